The molecule has 1 aromatic rings. The second kappa shape index (κ2) is 6.55. The first-order valence-electron chi connectivity index (χ1n) is 7.58. The summed E-state index contributed by atoms with van der Waals surface area (Å²) in [6, 6.07) is 4.76. The van der Waals surface area contributed by atoms with Crippen LogP contribution in [-0.4, -0.2) is 44.8 Å². The van der Waals surface area contributed by atoms with E-state index in [1.807, 2.05) is 6.07 Å². The van der Waals surface area contributed by atoms with E-state index in [-0.39, 0.29) is 0 Å². The van der Waals surface area contributed by atoms with Crippen LogP contribution in [0.25, 0.3) is 0 Å². The molecule has 4 nitrogen and oxygen atoms in total. The minimum Gasteiger partial charge on any atom is -0.496 e. The van der Waals surface area contributed by atoms with Crippen molar-refractivity contribution in [3.8, 4) is 11.5 Å². The van der Waals surface area contributed by atoms with Crippen molar-refractivity contribution in [1.29, 1.82) is 0 Å². The fraction of sp³-hybridized carbons (Fsp3) is 0.625. The van der Waals surface area contributed by atoms with Gasteiger partial charge in [-0.2, -0.15) is 0 Å². The summed E-state index contributed by atoms with van der Waals surface area (Å²) in [6.45, 7) is 4.38. The maximum Gasteiger partial charge on any atom is 0.133 e. The van der Waals surface area contributed by atoms with Crippen LogP contribution in [0.15, 0.2) is 16.6 Å². The molecular weight excluding hydrogens is 332 g/mol. The van der Waals surface area contributed by atoms with Gasteiger partial charge in [-0.1, -0.05) is 0 Å². The number of benzene rings is 1. The van der Waals surface area contributed by atoms with Crippen molar-refractivity contribution in [2.24, 2.45) is 5.92 Å². The molecule has 2 atom stereocenters. The summed E-state index contributed by atoms with van der Waals surface area (Å²) in [5, 5.41) is 3.54. The predicted octanol–water partition coefficient (Wildman–Crippen LogP) is 2.65. The topological polar surface area (TPSA) is 33.7 Å². The van der Waals surface area contributed by atoms with Crippen LogP contribution < -0.4 is 14.8 Å². The Balaban J connectivity index is 1.83. The highest BCUT2D eigenvalue weighted by atomic mass is 79.9. The second-order valence-electron chi connectivity index (χ2n) is 5.90. The predicted molar refractivity (Wildman–Crippen MR) is 87.0 cm³/mol. The maximum atomic E-state index is 5.55. The van der Waals surface area contributed by atoms with Gasteiger partial charge in [0.05, 0.1) is 18.7 Å². The molecule has 2 aliphatic rings. The van der Waals surface area contributed by atoms with E-state index in [0.29, 0.717) is 6.04 Å². The van der Waals surface area contributed by atoms with E-state index < -0.39 is 0 Å². The molecule has 21 heavy (non-hydrogen) atoms. The van der Waals surface area contributed by atoms with Gasteiger partial charge >= 0.3 is 0 Å². The number of hydrogen-bond acceptors (Lipinski definition) is 4. The fourth-order valence-electron chi connectivity index (χ4n) is 3.63. The van der Waals surface area contributed by atoms with E-state index in [2.05, 4.69) is 32.2 Å². The number of piperidine rings is 1. The quantitative estimate of drug-likeness (QED) is 0.901. The Hall–Kier alpha value is -0.780. The van der Waals surface area contributed by atoms with Gasteiger partial charge in [-0.05, 0) is 59.9 Å². The van der Waals surface area contributed by atoms with Crippen LogP contribution in [0.1, 0.15) is 18.4 Å². The molecule has 1 aromatic carbocycles. The molecule has 116 valence electrons. The number of halogens is 1. The minimum atomic E-state index is 0.665. The van der Waals surface area contributed by atoms with Gasteiger partial charge < -0.3 is 14.8 Å². The third kappa shape index (κ3) is 3.05. The molecule has 5 heteroatoms. The summed E-state index contributed by atoms with van der Waals surface area (Å²) in [7, 11) is 3.43. The van der Waals surface area contributed by atoms with E-state index >= 15 is 0 Å². The van der Waals surface area contributed by atoms with Gasteiger partial charge in [0.15, 0.2) is 0 Å². The number of fused-ring (bicyclic) bond motifs is 1. The highest BCUT2D eigenvalue weighted by Gasteiger charge is 2.35. The molecular formula is C16H23BrN2O2. The van der Waals surface area contributed by atoms with Crippen LogP contribution >= 0.6 is 15.9 Å². The standard InChI is InChI=1S/C16H23BrN2O2/c1-20-15-7-13(17)16(21-2)6-12(15)10-19-5-3-4-11-8-18-9-14(11)19/h6-7,11,14,18H,3-5,8-10H2,1-2H3. The number of likely N-dealkylation sites (tertiary alicyclic amines) is 1. The summed E-state index contributed by atoms with van der Waals surface area (Å²) < 4.78 is 11.9. The zero-order valence-corrected chi connectivity index (χ0v) is 14.3. The van der Waals surface area contributed by atoms with Gasteiger partial charge in [-0.3, -0.25) is 4.90 Å². The van der Waals surface area contributed by atoms with Crippen molar-refractivity contribution in [2.75, 3.05) is 33.9 Å². The van der Waals surface area contributed by atoms with Gasteiger partial charge in [0.25, 0.3) is 0 Å². The molecule has 2 fully saturated rings. The van der Waals surface area contributed by atoms with E-state index in [1.54, 1.807) is 14.2 Å². The normalized spacial score (nSPS) is 25.7. The molecule has 2 aliphatic heterocycles. The Bertz CT molecular complexity index is 509. The molecule has 0 radical (unpaired) electrons. The zero-order valence-electron chi connectivity index (χ0n) is 12.7. The Kier molecular flexibility index (Phi) is 4.72. The second-order valence-corrected chi connectivity index (χ2v) is 6.75. The average Bonchev–Trinajstić information content (AvgIpc) is 2.98. The number of hydrogen-bond donors (Lipinski definition) is 1. The third-order valence-corrected chi connectivity index (χ3v) is 5.34. The summed E-state index contributed by atoms with van der Waals surface area (Å²) >= 11 is 3.52. The molecule has 1 N–H and O–H groups in total. The van der Waals surface area contributed by atoms with E-state index in [0.717, 1.165) is 35.0 Å². The van der Waals surface area contributed by atoms with Crippen LogP contribution in [0.4, 0.5) is 0 Å². The fourth-order valence-corrected chi connectivity index (χ4v) is 4.11. The van der Waals surface area contributed by atoms with Crippen LogP contribution in [0.2, 0.25) is 0 Å². The zero-order chi connectivity index (χ0) is 14.8. The highest BCUT2D eigenvalue weighted by molar-refractivity contribution is 9.10. The molecule has 2 unspecified atom stereocenters. The van der Waals surface area contributed by atoms with Crippen LogP contribution in [-0.2, 0) is 6.54 Å². The molecule has 2 heterocycles. The molecule has 0 bridgehead atoms. The number of nitrogens with zero attached hydrogens (tertiary/aromatic N) is 1. The third-order valence-electron chi connectivity index (χ3n) is 4.72. The van der Waals surface area contributed by atoms with Crippen LogP contribution in [0, 0.1) is 5.92 Å². The Labute approximate surface area is 134 Å². The Morgan fingerprint density at radius 3 is 2.81 bits per heavy atom. The van der Waals surface area contributed by atoms with E-state index in [4.69, 9.17) is 9.47 Å². The summed E-state index contributed by atoms with van der Waals surface area (Å²) in [6.07, 6.45) is 2.65. The van der Waals surface area contributed by atoms with E-state index in [1.165, 1.54) is 31.5 Å². The van der Waals surface area contributed by atoms with Crippen molar-refractivity contribution in [1.82, 2.24) is 10.2 Å². The molecule has 3 rings (SSSR count). The van der Waals surface area contributed by atoms with Gasteiger partial charge in [0.2, 0.25) is 0 Å². The summed E-state index contributed by atoms with van der Waals surface area (Å²) in [5.74, 6) is 2.60. The molecule has 2 saturated heterocycles. The molecule has 0 saturated carbocycles. The van der Waals surface area contributed by atoms with Crippen molar-refractivity contribution in [3.63, 3.8) is 0 Å². The monoisotopic (exact) mass is 354 g/mol. The van der Waals surface area contributed by atoms with Crippen molar-refractivity contribution in [2.45, 2.75) is 25.4 Å². The SMILES string of the molecule is COc1cc(CN2CCCC3CNCC32)c(OC)cc1Br. The number of ether oxygens (including phenoxy) is 2. The first kappa shape index (κ1) is 15.1. The number of nitrogens with one attached hydrogen (secondary N) is 1. The lowest BCUT2D eigenvalue weighted by molar-refractivity contribution is 0.116. The lowest BCUT2D eigenvalue weighted by Gasteiger charge is -2.37. The molecule has 0 aliphatic carbocycles. The largest absolute Gasteiger partial charge is 0.496 e. The van der Waals surface area contributed by atoms with E-state index in [9.17, 15) is 0 Å². The van der Waals surface area contributed by atoms with Gasteiger partial charge in [-0.15, -0.1) is 0 Å². The first-order chi connectivity index (χ1) is 10.2. The lowest BCUT2D eigenvalue weighted by Crippen LogP contribution is -2.44. The van der Waals surface area contributed by atoms with Crippen molar-refractivity contribution in [3.05, 3.63) is 22.2 Å². The Morgan fingerprint density at radius 1 is 1.24 bits per heavy atom. The Morgan fingerprint density at radius 2 is 2.05 bits per heavy atom. The summed E-state index contributed by atoms with van der Waals surface area (Å²) in [4.78, 5) is 2.60. The van der Waals surface area contributed by atoms with Crippen LogP contribution in [0.3, 0.4) is 0 Å². The van der Waals surface area contributed by atoms with Crippen molar-refractivity contribution >= 4 is 15.9 Å². The number of methoxy groups -OCH3 is 2. The average molecular weight is 355 g/mol. The smallest absolute Gasteiger partial charge is 0.133 e. The first-order valence-corrected chi connectivity index (χ1v) is 8.37. The molecule has 0 amide bonds. The lowest BCUT2D eigenvalue weighted by atomic mass is 9.91. The highest BCUT2D eigenvalue weighted by Crippen LogP contribution is 2.35. The van der Waals surface area contributed by atoms with Crippen molar-refractivity contribution < 1.29 is 9.47 Å². The van der Waals surface area contributed by atoms with Crippen LogP contribution in [0.5, 0.6) is 11.5 Å². The summed E-state index contributed by atoms with van der Waals surface area (Å²) in [5.41, 5.74) is 1.20. The minimum absolute atomic E-state index is 0.665. The van der Waals surface area contributed by atoms with Gasteiger partial charge in [0.1, 0.15) is 11.5 Å². The van der Waals surface area contributed by atoms with Gasteiger partial charge in [-0.25, -0.2) is 0 Å². The molecule has 0 aromatic heterocycles. The van der Waals surface area contributed by atoms with Gasteiger partial charge in [0, 0.05) is 24.7 Å². The maximum absolute atomic E-state index is 5.55. The molecule has 0 spiro atoms. The number of rotatable bonds is 4.